The monoisotopic (exact) mass is 552 g/mol. The van der Waals surface area contributed by atoms with Crippen LogP contribution in [0.3, 0.4) is 0 Å². The van der Waals surface area contributed by atoms with Crippen molar-refractivity contribution in [3.05, 3.63) is 65.2 Å². The number of carbonyl (C=O) groups is 2. The summed E-state index contributed by atoms with van der Waals surface area (Å²) >= 11 is 6.60. The molecule has 1 heterocycles. The summed E-state index contributed by atoms with van der Waals surface area (Å²) in [6, 6.07) is 12.5. The van der Waals surface area contributed by atoms with Crippen molar-refractivity contribution >= 4 is 33.7 Å². The highest BCUT2D eigenvalue weighted by Crippen LogP contribution is 2.58. The Bertz CT molecular complexity index is 1230. The number of carboxylic acid groups (broad SMARTS) is 1. The van der Waals surface area contributed by atoms with E-state index in [0.29, 0.717) is 5.56 Å². The number of hydrogen-bond donors (Lipinski definition) is 3. The van der Waals surface area contributed by atoms with Crippen molar-refractivity contribution in [2.45, 2.75) is 50.1 Å². The van der Waals surface area contributed by atoms with Crippen molar-refractivity contribution in [1.29, 1.82) is 0 Å². The number of ether oxygens (including phenoxy) is 1. The normalized spacial score (nSPS) is 28.0. The Hall–Kier alpha value is -2.50. The van der Waals surface area contributed by atoms with Crippen molar-refractivity contribution in [1.82, 2.24) is 5.32 Å². The smallest absolute Gasteiger partial charge is 0.341 e. The molecule has 1 aliphatic heterocycles. The minimum atomic E-state index is -4.48. The van der Waals surface area contributed by atoms with Crippen LogP contribution in [-0.4, -0.2) is 57.3 Å². The van der Waals surface area contributed by atoms with Crippen LogP contribution >= 0.6 is 11.6 Å². The molecule has 11 heteroatoms. The first-order valence-electron chi connectivity index (χ1n) is 12.0. The maximum atomic E-state index is 13.9. The van der Waals surface area contributed by atoms with Gasteiger partial charge in [-0.05, 0) is 44.0 Å². The standard InChI is InChI=1S/C26H33ClN2O7S/c1-4-26(23(30)31)21(16-35-15-14-28)29-17(2)25(3,22(26)19-12-8-9-13-20(19)27)24(32)36-37(33,34)18-10-6-5-7-11-18/h5-13,17,21-22,29H,4,14-16,28H2,1-3H3,(H,30,31). The van der Waals surface area contributed by atoms with Crippen LogP contribution in [0.4, 0.5) is 0 Å². The van der Waals surface area contributed by atoms with Gasteiger partial charge in [-0.1, -0.05) is 54.9 Å². The molecular formula is C26H33ClN2O7S. The largest absolute Gasteiger partial charge is 0.481 e. The highest BCUT2D eigenvalue weighted by Gasteiger charge is 2.66. The van der Waals surface area contributed by atoms with E-state index in [4.69, 9.17) is 26.3 Å². The van der Waals surface area contributed by atoms with Crippen LogP contribution in [0.25, 0.3) is 0 Å². The van der Waals surface area contributed by atoms with E-state index in [9.17, 15) is 23.1 Å². The second-order valence-electron chi connectivity index (χ2n) is 9.38. The molecule has 4 N–H and O–H groups in total. The third-order valence-corrected chi connectivity index (χ3v) is 9.06. The Kier molecular flexibility index (Phi) is 9.02. The number of hydrogen-bond acceptors (Lipinski definition) is 8. The van der Waals surface area contributed by atoms with Gasteiger partial charge in [-0.2, -0.15) is 8.42 Å². The summed E-state index contributed by atoms with van der Waals surface area (Å²) in [5, 5.41) is 14.2. The number of nitrogens with two attached hydrogens (primary N) is 1. The second-order valence-corrected chi connectivity index (χ2v) is 11.3. The van der Waals surface area contributed by atoms with Crippen molar-refractivity contribution in [3.8, 4) is 0 Å². The van der Waals surface area contributed by atoms with E-state index in [-0.39, 0.29) is 36.1 Å². The van der Waals surface area contributed by atoms with Crippen LogP contribution < -0.4 is 11.1 Å². The first kappa shape index (κ1) is 29.1. The molecule has 0 bridgehead atoms. The summed E-state index contributed by atoms with van der Waals surface area (Å²) in [5.41, 5.74) is 2.69. The third kappa shape index (κ3) is 5.26. The van der Waals surface area contributed by atoms with Gasteiger partial charge in [0.25, 0.3) is 0 Å². The first-order chi connectivity index (χ1) is 17.5. The van der Waals surface area contributed by atoms with Gasteiger partial charge in [0.15, 0.2) is 0 Å². The number of carboxylic acids is 1. The van der Waals surface area contributed by atoms with Crippen molar-refractivity contribution < 1.29 is 32.0 Å². The molecule has 5 atom stereocenters. The predicted molar refractivity (Wildman–Crippen MR) is 139 cm³/mol. The molecular weight excluding hydrogens is 520 g/mol. The van der Waals surface area contributed by atoms with E-state index in [1.807, 2.05) is 0 Å². The highest BCUT2D eigenvalue weighted by molar-refractivity contribution is 7.87. The molecule has 0 aromatic heterocycles. The molecule has 0 radical (unpaired) electrons. The zero-order valence-corrected chi connectivity index (χ0v) is 22.6. The maximum Gasteiger partial charge on any atom is 0.341 e. The van der Waals surface area contributed by atoms with Crippen LogP contribution in [-0.2, 0) is 28.6 Å². The van der Waals surface area contributed by atoms with Crippen molar-refractivity contribution in [2.24, 2.45) is 16.6 Å². The average molecular weight is 553 g/mol. The van der Waals surface area contributed by atoms with Gasteiger partial charge in [-0.15, -0.1) is 0 Å². The lowest BCUT2D eigenvalue weighted by Gasteiger charge is -2.57. The molecule has 0 aliphatic carbocycles. The molecule has 0 amide bonds. The fourth-order valence-electron chi connectivity index (χ4n) is 5.39. The Morgan fingerprint density at radius 2 is 1.76 bits per heavy atom. The topological polar surface area (TPSA) is 145 Å². The molecule has 37 heavy (non-hydrogen) atoms. The Balaban J connectivity index is 2.21. The summed E-state index contributed by atoms with van der Waals surface area (Å²) in [7, 11) is -4.48. The van der Waals surface area contributed by atoms with Crippen LogP contribution in [0, 0.1) is 10.8 Å². The number of benzene rings is 2. The van der Waals surface area contributed by atoms with Gasteiger partial charge in [-0.3, -0.25) is 9.59 Å². The van der Waals surface area contributed by atoms with Crippen LogP contribution in [0.2, 0.25) is 5.02 Å². The summed E-state index contributed by atoms with van der Waals surface area (Å²) in [6.07, 6.45) is 0.0862. The Labute approximate surface area is 222 Å². The van der Waals surface area contributed by atoms with Crippen LogP contribution in [0.5, 0.6) is 0 Å². The molecule has 1 saturated heterocycles. The minimum Gasteiger partial charge on any atom is -0.481 e. The maximum absolute atomic E-state index is 13.9. The second kappa shape index (κ2) is 11.5. The molecule has 2 aromatic rings. The minimum absolute atomic E-state index is 0.00999. The van der Waals surface area contributed by atoms with Gasteiger partial charge >= 0.3 is 22.1 Å². The van der Waals surface area contributed by atoms with E-state index >= 15 is 0 Å². The number of nitrogens with one attached hydrogen (secondary N) is 1. The lowest BCUT2D eigenvalue weighted by atomic mass is 9.51. The first-order valence-corrected chi connectivity index (χ1v) is 13.8. The van der Waals surface area contributed by atoms with E-state index in [1.165, 1.54) is 31.2 Å². The van der Waals surface area contributed by atoms with Crippen molar-refractivity contribution in [3.63, 3.8) is 0 Å². The van der Waals surface area contributed by atoms with Gasteiger partial charge in [0, 0.05) is 29.6 Å². The van der Waals surface area contributed by atoms with E-state index in [0.717, 1.165) is 0 Å². The van der Waals surface area contributed by atoms with Gasteiger partial charge in [0.05, 0.1) is 24.0 Å². The van der Waals surface area contributed by atoms with Gasteiger partial charge < -0.3 is 25.1 Å². The van der Waals surface area contributed by atoms with Crippen LogP contribution in [0.15, 0.2) is 59.5 Å². The summed E-state index contributed by atoms with van der Waals surface area (Å²) in [4.78, 5) is 26.8. The van der Waals surface area contributed by atoms with Crippen molar-refractivity contribution in [2.75, 3.05) is 19.8 Å². The number of halogens is 1. The molecule has 5 unspecified atom stereocenters. The number of carbonyl (C=O) groups excluding carboxylic acids is 1. The summed E-state index contributed by atoms with van der Waals surface area (Å²) < 4.78 is 36.9. The van der Waals surface area contributed by atoms with Gasteiger partial charge in [0.2, 0.25) is 0 Å². The number of rotatable bonds is 10. The Morgan fingerprint density at radius 1 is 1.14 bits per heavy atom. The molecule has 202 valence electrons. The third-order valence-electron chi connectivity index (χ3n) is 7.49. The van der Waals surface area contributed by atoms with Gasteiger partial charge in [-0.25, -0.2) is 0 Å². The van der Waals surface area contributed by atoms with E-state index < -0.39 is 50.9 Å². The molecule has 0 spiro atoms. The lowest BCUT2D eigenvalue weighted by molar-refractivity contribution is -0.172. The zero-order chi connectivity index (χ0) is 27.4. The molecule has 3 rings (SSSR count). The molecule has 2 aromatic carbocycles. The number of aliphatic carboxylic acids is 1. The van der Waals surface area contributed by atoms with Gasteiger partial charge in [0.1, 0.15) is 4.90 Å². The lowest BCUT2D eigenvalue weighted by Crippen LogP contribution is -2.70. The molecule has 1 fully saturated rings. The molecule has 9 nitrogen and oxygen atoms in total. The summed E-state index contributed by atoms with van der Waals surface area (Å²) in [5.74, 6) is -3.33. The van der Waals surface area contributed by atoms with Crippen LogP contribution in [0.1, 0.15) is 38.7 Å². The van der Waals surface area contributed by atoms with E-state index in [1.54, 1.807) is 44.2 Å². The zero-order valence-electron chi connectivity index (χ0n) is 21.0. The number of piperidine rings is 1. The highest BCUT2D eigenvalue weighted by atomic mass is 35.5. The quantitative estimate of drug-likeness (QED) is 0.299. The Morgan fingerprint density at radius 3 is 2.32 bits per heavy atom. The molecule has 0 saturated carbocycles. The SMILES string of the molecule is CCC1(C(=O)O)C(COCCN)NC(C)C(C)(C(=O)OS(=O)(=O)c2ccccc2)C1c1ccccc1Cl. The fraction of sp³-hybridized carbons (Fsp3) is 0.462. The fourth-order valence-corrected chi connectivity index (χ4v) is 6.60. The average Bonchev–Trinajstić information content (AvgIpc) is 2.86. The predicted octanol–water partition coefficient (Wildman–Crippen LogP) is 3.18. The van der Waals surface area contributed by atoms with E-state index in [2.05, 4.69) is 5.32 Å². The summed E-state index contributed by atoms with van der Waals surface area (Å²) in [6.45, 7) is 5.40. The molecule has 1 aliphatic rings.